The fourth-order valence-corrected chi connectivity index (χ4v) is 5.72. The first kappa shape index (κ1) is 30.4. The van der Waals surface area contributed by atoms with Gasteiger partial charge in [-0.1, -0.05) is 90.8 Å². The molecule has 1 amide bonds. The van der Waals surface area contributed by atoms with E-state index in [0.717, 1.165) is 29.7 Å². The van der Waals surface area contributed by atoms with Crippen LogP contribution in [0.4, 0.5) is 0 Å². The summed E-state index contributed by atoms with van der Waals surface area (Å²) in [6, 6.07) is 28.1. The summed E-state index contributed by atoms with van der Waals surface area (Å²) in [5.41, 5.74) is 3.77. The molecule has 4 aromatic carbocycles. The predicted octanol–water partition coefficient (Wildman–Crippen LogP) is 9.28. The molecule has 5 nitrogen and oxygen atoms in total. The Morgan fingerprint density at radius 1 is 1.00 bits per heavy atom. The van der Waals surface area contributed by atoms with Crippen molar-refractivity contribution in [3.63, 3.8) is 0 Å². The number of carbonyl (C=O) groups is 1. The second kappa shape index (κ2) is 14.4. The molecule has 1 N–H and O–H groups in total. The number of nitrogens with zero attached hydrogens (tertiary/aromatic N) is 2. The molecule has 0 aliphatic heterocycles. The summed E-state index contributed by atoms with van der Waals surface area (Å²) in [4.78, 5) is 17.9. The second-order valence-corrected chi connectivity index (χ2v) is 11.4. The van der Waals surface area contributed by atoms with E-state index in [2.05, 4.69) is 54.7 Å². The quantitative estimate of drug-likeness (QED) is 0.143. The molecule has 220 valence electrons. The molecule has 1 unspecified atom stereocenters. The summed E-state index contributed by atoms with van der Waals surface area (Å²) in [5, 5.41) is 6.70. The molecule has 0 fully saturated rings. The van der Waals surface area contributed by atoms with Crippen LogP contribution in [0, 0.1) is 0 Å². The fourth-order valence-electron chi connectivity index (χ4n) is 5.21. The van der Waals surface area contributed by atoms with Gasteiger partial charge in [0.2, 0.25) is 5.91 Å². The lowest BCUT2D eigenvalue weighted by Gasteiger charge is -2.15. The minimum Gasteiger partial charge on any atom is -0.494 e. The number of hydrogen-bond acceptors (Lipinski definition) is 3. The van der Waals surface area contributed by atoms with Crippen molar-refractivity contribution in [2.24, 2.45) is 0 Å². The Bertz CT molecular complexity index is 1720. The van der Waals surface area contributed by atoms with Crippen molar-refractivity contribution in [3.05, 3.63) is 118 Å². The molecule has 1 aromatic heterocycles. The van der Waals surface area contributed by atoms with Crippen LogP contribution in [0.1, 0.15) is 49.6 Å². The Morgan fingerprint density at radius 3 is 2.58 bits per heavy atom. The highest BCUT2D eigenvalue weighted by Gasteiger charge is 2.14. The average Bonchev–Trinajstić information content (AvgIpc) is 3.40. The summed E-state index contributed by atoms with van der Waals surface area (Å²) in [6.45, 7) is 5.58. The molecule has 1 heterocycles. The van der Waals surface area contributed by atoms with Gasteiger partial charge in [0.15, 0.2) is 0 Å². The number of benzene rings is 4. The van der Waals surface area contributed by atoms with E-state index in [1.807, 2.05) is 60.2 Å². The zero-order valence-electron chi connectivity index (χ0n) is 24.4. The maximum Gasteiger partial charge on any atom is 0.239 e. The van der Waals surface area contributed by atoms with Gasteiger partial charge in [-0.15, -0.1) is 0 Å². The Morgan fingerprint density at radius 2 is 1.79 bits per heavy atom. The number of imidazole rings is 1. The van der Waals surface area contributed by atoms with Gasteiger partial charge in [0, 0.05) is 23.3 Å². The van der Waals surface area contributed by atoms with Crippen LogP contribution in [0.2, 0.25) is 10.0 Å². The van der Waals surface area contributed by atoms with E-state index in [0.29, 0.717) is 40.6 Å². The van der Waals surface area contributed by atoms with Crippen LogP contribution in [-0.2, 0) is 11.3 Å². The van der Waals surface area contributed by atoms with Gasteiger partial charge in [0.25, 0.3) is 0 Å². The highest BCUT2D eigenvalue weighted by molar-refractivity contribution is 6.36. The number of halogens is 2. The maximum absolute atomic E-state index is 13.0. The third kappa shape index (κ3) is 7.86. The third-order valence-corrected chi connectivity index (χ3v) is 7.98. The van der Waals surface area contributed by atoms with Gasteiger partial charge in [-0.25, -0.2) is 4.98 Å². The summed E-state index contributed by atoms with van der Waals surface area (Å²) in [5.74, 6) is 1.79. The zero-order valence-corrected chi connectivity index (χ0v) is 25.9. The Kier molecular flexibility index (Phi) is 10.2. The van der Waals surface area contributed by atoms with Crippen molar-refractivity contribution in [2.75, 3.05) is 13.2 Å². The molecule has 43 heavy (non-hydrogen) atoms. The first-order valence-corrected chi connectivity index (χ1v) is 15.3. The van der Waals surface area contributed by atoms with Gasteiger partial charge in [-0.05, 0) is 84.0 Å². The normalized spacial score (nSPS) is 12.1. The number of carbonyl (C=O) groups excluding carboxylic acids is 1. The molecule has 1 atom stereocenters. The Labute approximate surface area is 263 Å². The van der Waals surface area contributed by atoms with Gasteiger partial charge >= 0.3 is 0 Å². The summed E-state index contributed by atoms with van der Waals surface area (Å²) >= 11 is 12.6. The van der Waals surface area contributed by atoms with E-state index < -0.39 is 0 Å². The second-order valence-electron chi connectivity index (χ2n) is 10.5. The van der Waals surface area contributed by atoms with Crippen LogP contribution < -0.4 is 10.1 Å². The van der Waals surface area contributed by atoms with Crippen molar-refractivity contribution in [2.45, 2.75) is 39.2 Å². The summed E-state index contributed by atoms with van der Waals surface area (Å²) < 4.78 is 7.39. The number of nitrogens with one attached hydrogen (secondary N) is 1. The lowest BCUT2D eigenvalue weighted by Crippen LogP contribution is -2.28. The number of fused-ring (bicyclic) bond motifs is 1. The Hall–Kier alpha value is -4.06. The van der Waals surface area contributed by atoms with E-state index in [-0.39, 0.29) is 12.5 Å². The molecular weight excluding hydrogens is 577 g/mol. The van der Waals surface area contributed by atoms with Crippen molar-refractivity contribution in [3.8, 4) is 17.0 Å². The standard InChI is InChI=1S/C36H35Cl2N3O2/c1-3-43-29-17-13-26(14-18-29)15-20-35-40-34(32-19-16-28(37)22-33(32)38)23-41(35)24-36(42)39-21-7-8-25(2)30-12-6-10-27-9-4-5-11-31(27)30/h4-6,9-20,22-23,25H,3,7-8,21,24H2,1-2H3,(H,39,42)/b20-15+. The molecule has 0 radical (unpaired) electrons. The fraction of sp³-hybridized carbons (Fsp3) is 0.222. The molecule has 0 bridgehead atoms. The van der Waals surface area contributed by atoms with Gasteiger partial charge < -0.3 is 14.6 Å². The number of aromatic nitrogens is 2. The monoisotopic (exact) mass is 611 g/mol. The van der Waals surface area contributed by atoms with E-state index in [4.69, 9.17) is 32.9 Å². The minimum absolute atomic E-state index is 0.0697. The average molecular weight is 613 g/mol. The molecule has 0 saturated carbocycles. The molecule has 7 heteroatoms. The van der Waals surface area contributed by atoms with Gasteiger partial charge in [0.05, 0.1) is 17.3 Å². The highest BCUT2D eigenvalue weighted by Crippen LogP contribution is 2.31. The topological polar surface area (TPSA) is 56.2 Å². The van der Waals surface area contributed by atoms with Crippen LogP contribution >= 0.6 is 23.2 Å². The van der Waals surface area contributed by atoms with Crippen LogP contribution in [0.15, 0.2) is 91.1 Å². The molecule has 5 rings (SSSR count). The molecule has 0 spiro atoms. The third-order valence-electron chi connectivity index (χ3n) is 7.43. The summed E-state index contributed by atoms with van der Waals surface area (Å²) in [7, 11) is 0. The van der Waals surface area contributed by atoms with E-state index >= 15 is 0 Å². The van der Waals surface area contributed by atoms with E-state index in [1.54, 1.807) is 12.1 Å². The van der Waals surface area contributed by atoms with Crippen LogP contribution in [0.3, 0.4) is 0 Å². The highest BCUT2D eigenvalue weighted by atomic mass is 35.5. The van der Waals surface area contributed by atoms with Crippen LogP contribution in [0.5, 0.6) is 5.75 Å². The van der Waals surface area contributed by atoms with Crippen molar-refractivity contribution >= 4 is 52.0 Å². The van der Waals surface area contributed by atoms with E-state index in [9.17, 15) is 4.79 Å². The lowest BCUT2D eigenvalue weighted by atomic mass is 9.91. The number of ether oxygens (including phenoxy) is 1. The first-order valence-electron chi connectivity index (χ1n) is 14.6. The molecule has 0 saturated heterocycles. The summed E-state index contributed by atoms with van der Waals surface area (Å²) in [6.07, 6.45) is 7.59. The Balaban J connectivity index is 1.25. The lowest BCUT2D eigenvalue weighted by molar-refractivity contribution is -0.121. The molecule has 0 aliphatic rings. The maximum atomic E-state index is 13.0. The number of amides is 1. The molecular formula is C36H35Cl2N3O2. The van der Waals surface area contributed by atoms with Crippen LogP contribution in [0.25, 0.3) is 34.2 Å². The largest absolute Gasteiger partial charge is 0.494 e. The predicted molar refractivity (Wildman–Crippen MR) is 179 cm³/mol. The van der Waals surface area contributed by atoms with E-state index in [1.165, 1.54) is 16.3 Å². The SMILES string of the molecule is CCOc1ccc(/C=C/c2nc(-c3ccc(Cl)cc3Cl)cn2CC(=O)NCCCC(C)c2cccc3ccccc23)cc1. The van der Waals surface area contributed by atoms with Gasteiger partial charge in [-0.2, -0.15) is 0 Å². The number of hydrogen-bond donors (Lipinski definition) is 1. The molecule has 0 aliphatic carbocycles. The van der Waals surface area contributed by atoms with Crippen molar-refractivity contribution in [1.82, 2.24) is 14.9 Å². The smallest absolute Gasteiger partial charge is 0.239 e. The van der Waals surface area contributed by atoms with Crippen molar-refractivity contribution in [1.29, 1.82) is 0 Å². The first-order chi connectivity index (χ1) is 20.9. The number of rotatable bonds is 12. The van der Waals surface area contributed by atoms with Crippen molar-refractivity contribution < 1.29 is 9.53 Å². The molecule has 5 aromatic rings. The van der Waals surface area contributed by atoms with Gasteiger partial charge in [-0.3, -0.25) is 4.79 Å². The van der Waals surface area contributed by atoms with Gasteiger partial charge in [0.1, 0.15) is 18.1 Å². The van der Waals surface area contributed by atoms with Crippen LogP contribution in [-0.4, -0.2) is 28.6 Å². The minimum atomic E-state index is -0.0697. The zero-order chi connectivity index (χ0) is 30.2.